The van der Waals surface area contributed by atoms with Crippen LogP contribution in [0.2, 0.25) is 0 Å². The lowest BCUT2D eigenvalue weighted by Gasteiger charge is -2.20. The lowest BCUT2D eigenvalue weighted by molar-refractivity contribution is 0.669. The van der Waals surface area contributed by atoms with Crippen molar-refractivity contribution < 1.29 is 4.42 Å². The number of benzene rings is 3. The number of fused-ring (bicyclic) bond motifs is 3. The zero-order valence-electron chi connectivity index (χ0n) is 16.7. The van der Waals surface area contributed by atoms with Crippen LogP contribution in [0.5, 0.6) is 0 Å². The zero-order chi connectivity index (χ0) is 21.9. The van der Waals surface area contributed by atoms with Crippen LogP contribution in [-0.2, 0) is 0 Å². The van der Waals surface area contributed by atoms with Crippen LogP contribution in [0.15, 0.2) is 47.1 Å². The minimum Gasteiger partial charge on any atom is -0.455 e. The number of hydrogen-bond donors (Lipinski definition) is 0. The maximum Gasteiger partial charge on any atom is 0.167 e. The van der Waals surface area contributed by atoms with Gasteiger partial charge in [-0.25, -0.2) is 15.0 Å². The molecule has 2 aromatic heterocycles. The second kappa shape index (κ2) is 7.19. The molecule has 0 amide bonds. The molecule has 0 spiro atoms. The fourth-order valence-electron chi connectivity index (χ4n) is 3.72. The summed E-state index contributed by atoms with van der Waals surface area (Å²) in [5, 5.41) is 1.98. The average Bonchev–Trinajstić information content (AvgIpc) is 3.14. The molecule has 0 unspecified atom stereocenters. The highest BCUT2D eigenvalue weighted by Gasteiger charge is 2.18. The van der Waals surface area contributed by atoms with Crippen LogP contribution < -0.4 is 27.3 Å². The quantitative estimate of drug-likeness (QED) is 0.380. The lowest BCUT2D eigenvalue weighted by atomic mass is 9.60. The second-order valence-electron chi connectivity index (χ2n) is 7.36. The van der Waals surface area contributed by atoms with Gasteiger partial charge in [0.1, 0.15) is 56.7 Å². The maximum absolute atomic E-state index is 6.17. The molecule has 0 aliphatic heterocycles. The van der Waals surface area contributed by atoms with Gasteiger partial charge >= 0.3 is 0 Å². The molecular weight excluding hydrogens is 376 g/mol. The third-order valence-corrected chi connectivity index (χ3v) is 5.39. The van der Waals surface area contributed by atoms with Crippen LogP contribution in [-0.4, -0.2) is 54.2 Å². The Morgan fingerprint density at radius 2 is 1.42 bits per heavy atom. The SMILES string of the molecule is [B]c1c([B])c([B])c(-c2ncnc(-c3cccc4c3oc3cc(C)ccc34)n2)c([B])c1[B]. The van der Waals surface area contributed by atoms with Gasteiger partial charge in [-0.05, 0) is 24.6 Å². The number of hydrogen-bond acceptors (Lipinski definition) is 4. The fraction of sp³-hybridized carbons (Fsp3) is 0.0455. The Kier molecular flexibility index (Phi) is 4.58. The molecule has 5 aromatic rings. The molecule has 0 aliphatic rings. The highest BCUT2D eigenvalue weighted by Crippen LogP contribution is 2.35. The fourth-order valence-corrected chi connectivity index (χ4v) is 3.72. The van der Waals surface area contributed by atoms with E-state index in [2.05, 4.69) is 15.0 Å². The van der Waals surface area contributed by atoms with Gasteiger partial charge in [0.2, 0.25) is 0 Å². The van der Waals surface area contributed by atoms with Crippen molar-refractivity contribution in [3.05, 3.63) is 48.3 Å². The van der Waals surface area contributed by atoms with Gasteiger partial charge in [-0.3, -0.25) is 0 Å². The van der Waals surface area contributed by atoms with E-state index in [0.29, 0.717) is 22.5 Å². The third kappa shape index (κ3) is 3.02. The molecule has 2 heterocycles. The minimum atomic E-state index is 0.135. The summed E-state index contributed by atoms with van der Waals surface area (Å²) < 4.78 is 6.16. The van der Waals surface area contributed by atoms with E-state index in [1.54, 1.807) is 0 Å². The molecule has 9 heteroatoms. The van der Waals surface area contributed by atoms with Gasteiger partial charge < -0.3 is 4.42 Å². The van der Waals surface area contributed by atoms with Crippen LogP contribution in [0.25, 0.3) is 44.7 Å². The summed E-state index contributed by atoms with van der Waals surface area (Å²) in [6, 6.07) is 11.9. The molecule has 5 rings (SSSR count). The van der Waals surface area contributed by atoms with E-state index in [-0.39, 0.29) is 33.1 Å². The Morgan fingerprint density at radius 3 is 2.16 bits per heavy atom. The summed E-state index contributed by atoms with van der Waals surface area (Å²) in [5.74, 6) is 0.640. The van der Waals surface area contributed by atoms with E-state index < -0.39 is 0 Å². The van der Waals surface area contributed by atoms with Gasteiger partial charge in [-0.2, -0.15) is 0 Å². The number of nitrogens with zero attached hydrogens (tertiary/aromatic N) is 3. The van der Waals surface area contributed by atoms with Crippen molar-refractivity contribution in [2.24, 2.45) is 0 Å². The van der Waals surface area contributed by atoms with Crippen LogP contribution >= 0.6 is 0 Å². The van der Waals surface area contributed by atoms with E-state index in [1.165, 1.54) is 6.33 Å². The Labute approximate surface area is 185 Å². The van der Waals surface area contributed by atoms with E-state index >= 15 is 0 Å². The van der Waals surface area contributed by atoms with Gasteiger partial charge in [-0.1, -0.05) is 35.2 Å². The smallest absolute Gasteiger partial charge is 0.167 e. The van der Waals surface area contributed by atoms with Crippen molar-refractivity contribution in [3.63, 3.8) is 0 Å². The second-order valence-corrected chi connectivity index (χ2v) is 7.36. The normalized spacial score (nSPS) is 11.4. The molecule has 134 valence electrons. The molecular formula is C22H10B5N3O. The molecule has 0 saturated heterocycles. The Hall–Kier alpha value is -3.21. The van der Waals surface area contributed by atoms with Crippen molar-refractivity contribution in [2.75, 3.05) is 0 Å². The van der Waals surface area contributed by atoms with E-state index in [9.17, 15) is 0 Å². The van der Waals surface area contributed by atoms with Gasteiger partial charge in [-0.15, -0.1) is 16.4 Å². The predicted molar refractivity (Wildman–Crippen MR) is 130 cm³/mol. The monoisotopic (exact) mass is 387 g/mol. The predicted octanol–water partition coefficient (Wildman–Crippen LogP) is -0.618. The Balaban J connectivity index is 1.74. The van der Waals surface area contributed by atoms with Gasteiger partial charge in [0.05, 0.1) is 5.56 Å². The van der Waals surface area contributed by atoms with Crippen LogP contribution in [0, 0.1) is 6.92 Å². The van der Waals surface area contributed by atoms with Gasteiger partial charge in [0.15, 0.2) is 11.6 Å². The van der Waals surface area contributed by atoms with Crippen molar-refractivity contribution in [1.29, 1.82) is 0 Å². The summed E-state index contributed by atoms with van der Waals surface area (Å²) >= 11 is 0. The number of aryl methyl sites for hydroxylation is 1. The standard InChI is InChI=1S/C22H10B5N3O/c1-9-5-6-10-11-3-2-4-12(20(11)31-13(10)7-9)21-28-8-29-22(30-21)14-15(23)17(25)19(27)18(26)16(14)24/h2-8H,1H3. The van der Waals surface area contributed by atoms with E-state index in [1.807, 2.05) is 43.3 Å². The molecule has 10 radical (unpaired) electrons. The first-order chi connectivity index (χ1) is 14.9. The topological polar surface area (TPSA) is 51.8 Å². The molecule has 3 aromatic carbocycles. The summed E-state index contributed by atoms with van der Waals surface area (Å²) in [5.41, 5.74) is 4.36. The van der Waals surface area contributed by atoms with E-state index in [4.69, 9.17) is 43.6 Å². The third-order valence-electron chi connectivity index (χ3n) is 5.39. The largest absolute Gasteiger partial charge is 0.455 e. The molecule has 4 nitrogen and oxygen atoms in total. The minimum absolute atomic E-state index is 0.135. The summed E-state index contributed by atoms with van der Waals surface area (Å²) in [6.45, 7) is 2.02. The Morgan fingerprint density at radius 1 is 0.742 bits per heavy atom. The molecule has 0 saturated carbocycles. The summed E-state index contributed by atoms with van der Waals surface area (Å²) in [7, 11) is 30.2. The highest BCUT2D eigenvalue weighted by atomic mass is 16.3. The zero-order valence-corrected chi connectivity index (χ0v) is 16.7. The number of para-hydroxylation sites is 1. The molecule has 0 fully saturated rings. The summed E-state index contributed by atoms with van der Waals surface area (Å²) in [6.07, 6.45) is 1.38. The van der Waals surface area contributed by atoms with Crippen molar-refractivity contribution >= 4 is 88.5 Å². The lowest BCUT2D eigenvalue weighted by Crippen LogP contribution is -2.55. The number of rotatable bonds is 2. The van der Waals surface area contributed by atoms with Crippen molar-refractivity contribution in [2.45, 2.75) is 6.92 Å². The van der Waals surface area contributed by atoms with Gasteiger partial charge in [0.25, 0.3) is 0 Å². The van der Waals surface area contributed by atoms with Crippen LogP contribution in [0.3, 0.4) is 0 Å². The molecule has 31 heavy (non-hydrogen) atoms. The van der Waals surface area contributed by atoms with Crippen molar-refractivity contribution in [1.82, 2.24) is 15.0 Å². The van der Waals surface area contributed by atoms with Crippen molar-refractivity contribution in [3.8, 4) is 22.8 Å². The van der Waals surface area contributed by atoms with E-state index in [0.717, 1.165) is 21.9 Å². The first kappa shape index (κ1) is 19.7. The molecule has 0 N–H and O–H groups in total. The van der Waals surface area contributed by atoms with Gasteiger partial charge in [0, 0.05) is 16.3 Å². The van der Waals surface area contributed by atoms with Crippen LogP contribution in [0.1, 0.15) is 5.56 Å². The molecule has 0 aliphatic carbocycles. The Bertz CT molecular complexity index is 1480. The average molecular weight is 386 g/mol. The first-order valence-electron chi connectivity index (χ1n) is 9.49. The molecule has 0 bridgehead atoms. The first-order valence-corrected chi connectivity index (χ1v) is 9.49. The number of furan rings is 1. The molecule has 0 atom stereocenters. The maximum atomic E-state index is 6.17. The highest BCUT2D eigenvalue weighted by molar-refractivity contribution is 6.68. The van der Waals surface area contributed by atoms with Crippen LogP contribution in [0.4, 0.5) is 0 Å². The number of aromatic nitrogens is 3. The summed E-state index contributed by atoms with van der Waals surface area (Å²) in [4.78, 5) is 13.2.